The number of carbonyl (C=O) groups excluding carboxylic acids is 1. The highest BCUT2D eigenvalue weighted by Gasteiger charge is 2.11. The zero-order valence-corrected chi connectivity index (χ0v) is 11.0. The molecule has 2 heterocycles. The van der Waals surface area contributed by atoms with Gasteiger partial charge in [0, 0.05) is 30.5 Å². The summed E-state index contributed by atoms with van der Waals surface area (Å²) in [5.74, 6) is -0.151. The van der Waals surface area contributed by atoms with Gasteiger partial charge in [-0.2, -0.15) is 0 Å². The van der Waals surface area contributed by atoms with Crippen LogP contribution in [0.25, 0.3) is 0 Å². The summed E-state index contributed by atoms with van der Waals surface area (Å²) in [6.07, 6.45) is 3.30. The molecule has 18 heavy (non-hydrogen) atoms. The van der Waals surface area contributed by atoms with Crippen molar-refractivity contribution < 1.29 is 4.79 Å². The van der Waals surface area contributed by atoms with E-state index in [-0.39, 0.29) is 5.91 Å². The van der Waals surface area contributed by atoms with Crippen molar-refractivity contribution in [2.75, 3.05) is 12.4 Å². The van der Waals surface area contributed by atoms with Crippen LogP contribution < -0.4 is 10.6 Å². The number of nitrogens with one attached hydrogen (secondary N) is 2. The first-order valence-corrected chi connectivity index (χ1v) is 6.39. The van der Waals surface area contributed by atoms with Crippen LogP contribution in [0.4, 0.5) is 5.69 Å². The summed E-state index contributed by atoms with van der Waals surface area (Å²) < 4.78 is 0. The number of aromatic nitrogens is 2. The van der Waals surface area contributed by atoms with Gasteiger partial charge in [0.1, 0.15) is 5.01 Å². The number of rotatable bonds is 4. The fraction of sp³-hybridized carbons (Fsp3) is 0.250. The Balaban J connectivity index is 2.09. The van der Waals surface area contributed by atoms with Crippen LogP contribution in [0, 0.1) is 6.92 Å². The molecule has 5 nitrogen and oxygen atoms in total. The monoisotopic (exact) mass is 262 g/mol. The molecule has 0 unspecified atom stereocenters. The van der Waals surface area contributed by atoms with Gasteiger partial charge in [-0.3, -0.25) is 9.78 Å². The first-order chi connectivity index (χ1) is 8.70. The Morgan fingerprint density at radius 1 is 1.44 bits per heavy atom. The number of hydrogen-bond donors (Lipinski definition) is 2. The number of anilines is 1. The van der Waals surface area contributed by atoms with Crippen LogP contribution in [0.2, 0.25) is 0 Å². The van der Waals surface area contributed by atoms with E-state index in [1.807, 2.05) is 18.4 Å². The highest BCUT2D eigenvalue weighted by atomic mass is 32.1. The highest BCUT2D eigenvalue weighted by Crippen LogP contribution is 2.15. The molecule has 0 radical (unpaired) electrons. The molecule has 2 aromatic heterocycles. The molecular weight excluding hydrogens is 248 g/mol. The summed E-state index contributed by atoms with van der Waals surface area (Å²) in [5, 5.41) is 8.59. The fourth-order valence-electron chi connectivity index (χ4n) is 1.54. The molecule has 94 valence electrons. The number of aryl methyl sites for hydroxylation is 1. The van der Waals surface area contributed by atoms with E-state index in [0.29, 0.717) is 12.1 Å². The largest absolute Gasteiger partial charge is 0.387 e. The summed E-state index contributed by atoms with van der Waals surface area (Å²) in [7, 11) is 1.78. The Morgan fingerprint density at radius 3 is 2.94 bits per heavy atom. The molecule has 6 heteroatoms. The third-order valence-corrected chi connectivity index (χ3v) is 3.22. The van der Waals surface area contributed by atoms with Crippen LogP contribution in [0.5, 0.6) is 0 Å². The first-order valence-electron chi connectivity index (χ1n) is 5.51. The lowest BCUT2D eigenvalue weighted by Gasteiger charge is -2.09. The maximum atomic E-state index is 12.0. The van der Waals surface area contributed by atoms with E-state index < -0.39 is 0 Å². The predicted molar refractivity (Wildman–Crippen MR) is 71.8 cm³/mol. The number of hydrogen-bond acceptors (Lipinski definition) is 5. The van der Waals surface area contributed by atoms with E-state index >= 15 is 0 Å². The SMILES string of the molecule is CNc1cc(C)ncc1C(=O)NCc1nccs1. The van der Waals surface area contributed by atoms with Gasteiger partial charge >= 0.3 is 0 Å². The standard InChI is InChI=1S/C12H14N4OS/c1-8-5-10(13-2)9(6-15-8)12(17)16-7-11-14-3-4-18-11/h3-6H,7H2,1-2H3,(H,13,15)(H,16,17). The number of pyridine rings is 1. The van der Waals surface area contributed by atoms with Gasteiger partial charge in [-0.25, -0.2) is 4.98 Å². The summed E-state index contributed by atoms with van der Waals surface area (Å²) >= 11 is 1.52. The molecule has 0 bridgehead atoms. The third-order valence-electron chi connectivity index (χ3n) is 2.44. The van der Waals surface area contributed by atoms with E-state index in [4.69, 9.17) is 0 Å². The molecule has 0 atom stereocenters. The quantitative estimate of drug-likeness (QED) is 0.882. The molecule has 0 aromatic carbocycles. The molecule has 0 aliphatic carbocycles. The zero-order valence-electron chi connectivity index (χ0n) is 10.2. The summed E-state index contributed by atoms with van der Waals surface area (Å²) in [5.41, 5.74) is 2.19. The molecule has 2 N–H and O–H groups in total. The van der Waals surface area contributed by atoms with Gasteiger partial charge in [0.05, 0.1) is 17.8 Å². The van der Waals surface area contributed by atoms with Gasteiger partial charge in [-0.05, 0) is 13.0 Å². The van der Waals surface area contributed by atoms with E-state index in [0.717, 1.165) is 16.4 Å². The van der Waals surface area contributed by atoms with Gasteiger partial charge in [0.15, 0.2) is 0 Å². The second-order valence-electron chi connectivity index (χ2n) is 3.73. The van der Waals surface area contributed by atoms with Gasteiger partial charge in [-0.1, -0.05) is 0 Å². The first kappa shape index (κ1) is 12.5. The zero-order chi connectivity index (χ0) is 13.0. The minimum Gasteiger partial charge on any atom is -0.387 e. The van der Waals surface area contributed by atoms with E-state index in [1.165, 1.54) is 11.3 Å². The van der Waals surface area contributed by atoms with E-state index in [9.17, 15) is 4.79 Å². The van der Waals surface area contributed by atoms with Gasteiger partial charge in [0.2, 0.25) is 0 Å². The molecule has 0 aliphatic heterocycles. The van der Waals surface area contributed by atoms with Crippen LogP contribution in [-0.2, 0) is 6.54 Å². The minimum atomic E-state index is -0.151. The van der Waals surface area contributed by atoms with Crippen molar-refractivity contribution in [1.29, 1.82) is 0 Å². The van der Waals surface area contributed by atoms with Crippen molar-refractivity contribution >= 4 is 22.9 Å². The molecule has 0 saturated carbocycles. The minimum absolute atomic E-state index is 0.151. The smallest absolute Gasteiger partial charge is 0.255 e. The number of carbonyl (C=O) groups is 1. The summed E-state index contributed by atoms with van der Waals surface area (Å²) in [4.78, 5) is 20.3. The van der Waals surface area contributed by atoms with Gasteiger partial charge < -0.3 is 10.6 Å². The Kier molecular flexibility index (Phi) is 3.88. The molecule has 1 amide bonds. The van der Waals surface area contributed by atoms with Crippen LogP contribution in [0.15, 0.2) is 23.8 Å². The fourth-order valence-corrected chi connectivity index (χ4v) is 2.10. The maximum absolute atomic E-state index is 12.0. The van der Waals surface area contributed by atoms with Crippen molar-refractivity contribution in [2.45, 2.75) is 13.5 Å². The number of amides is 1. The topological polar surface area (TPSA) is 66.9 Å². The van der Waals surface area contributed by atoms with Crippen LogP contribution in [0.1, 0.15) is 21.1 Å². The van der Waals surface area contributed by atoms with Crippen molar-refractivity contribution in [1.82, 2.24) is 15.3 Å². The summed E-state index contributed by atoms with van der Waals surface area (Å²) in [6, 6.07) is 1.85. The lowest BCUT2D eigenvalue weighted by Crippen LogP contribution is -2.24. The van der Waals surface area contributed by atoms with Crippen LogP contribution in [-0.4, -0.2) is 22.9 Å². The molecular formula is C12H14N4OS. The lowest BCUT2D eigenvalue weighted by molar-refractivity contribution is 0.0951. The summed E-state index contributed by atoms with van der Waals surface area (Å²) in [6.45, 7) is 2.33. The third kappa shape index (κ3) is 2.84. The molecule has 2 aromatic rings. The van der Waals surface area contributed by atoms with Crippen molar-refractivity contribution in [3.63, 3.8) is 0 Å². The van der Waals surface area contributed by atoms with E-state index in [2.05, 4.69) is 20.6 Å². The Labute approximate surface area is 109 Å². The predicted octanol–water partition coefficient (Wildman–Crippen LogP) is 1.82. The highest BCUT2D eigenvalue weighted by molar-refractivity contribution is 7.09. The lowest BCUT2D eigenvalue weighted by atomic mass is 10.2. The second kappa shape index (κ2) is 5.59. The Morgan fingerprint density at radius 2 is 2.28 bits per heavy atom. The van der Waals surface area contributed by atoms with Crippen molar-refractivity contribution in [3.05, 3.63) is 40.1 Å². The molecule has 0 aliphatic rings. The average Bonchev–Trinajstić information content (AvgIpc) is 2.88. The molecule has 0 fully saturated rings. The Hall–Kier alpha value is -1.95. The number of thiazole rings is 1. The Bertz CT molecular complexity index is 539. The van der Waals surface area contributed by atoms with Gasteiger partial charge in [-0.15, -0.1) is 11.3 Å². The normalized spacial score (nSPS) is 10.1. The molecule has 2 rings (SSSR count). The second-order valence-corrected chi connectivity index (χ2v) is 4.71. The van der Waals surface area contributed by atoms with Crippen LogP contribution >= 0.6 is 11.3 Å². The van der Waals surface area contributed by atoms with Gasteiger partial charge in [0.25, 0.3) is 5.91 Å². The van der Waals surface area contributed by atoms with E-state index in [1.54, 1.807) is 19.4 Å². The molecule has 0 spiro atoms. The number of nitrogens with zero attached hydrogens (tertiary/aromatic N) is 2. The maximum Gasteiger partial charge on any atom is 0.255 e. The van der Waals surface area contributed by atoms with Crippen molar-refractivity contribution in [3.8, 4) is 0 Å². The molecule has 0 saturated heterocycles. The average molecular weight is 262 g/mol. The van der Waals surface area contributed by atoms with Crippen molar-refractivity contribution in [2.24, 2.45) is 0 Å². The van der Waals surface area contributed by atoms with Crippen LogP contribution in [0.3, 0.4) is 0 Å².